The molecule has 4 aliphatic rings. The Labute approximate surface area is 196 Å². The number of likely N-dealkylation sites (tertiary alicyclic amines) is 1. The molecule has 1 aromatic heterocycles. The Hall–Kier alpha value is -2.15. The highest BCUT2D eigenvalue weighted by molar-refractivity contribution is 5.79. The molecule has 0 spiro atoms. The van der Waals surface area contributed by atoms with Crippen LogP contribution in [0.3, 0.4) is 0 Å². The molecule has 180 valence electrons. The molecule has 2 amide bonds. The summed E-state index contributed by atoms with van der Waals surface area (Å²) in [6, 6.07) is 6.12. The molecular formula is C26H38N4O3. The van der Waals surface area contributed by atoms with Crippen LogP contribution in [0.5, 0.6) is 0 Å². The van der Waals surface area contributed by atoms with Crippen molar-refractivity contribution in [3.05, 3.63) is 34.2 Å². The van der Waals surface area contributed by atoms with Crippen LogP contribution in [0.15, 0.2) is 23.0 Å². The molecule has 3 saturated heterocycles. The molecule has 4 atom stereocenters. The van der Waals surface area contributed by atoms with Crippen molar-refractivity contribution < 1.29 is 9.59 Å². The Kier molecular flexibility index (Phi) is 6.86. The fourth-order valence-corrected chi connectivity index (χ4v) is 6.81. The van der Waals surface area contributed by atoms with Crippen LogP contribution in [0.25, 0.3) is 0 Å². The number of carbonyl (C=O) groups is 2. The van der Waals surface area contributed by atoms with Gasteiger partial charge in [-0.1, -0.05) is 12.5 Å². The lowest BCUT2D eigenvalue weighted by Gasteiger charge is -2.44. The highest BCUT2D eigenvalue weighted by atomic mass is 16.2. The van der Waals surface area contributed by atoms with E-state index in [4.69, 9.17) is 0 Å². The van der Waals surface area contributed by atoms with Gasteiger partial charge in [-0.15, -0.1) is 0 Å². The summed E-state index contributed by atoms with van der Waals surface area (Å²) in [5.74, 6) is 1.40. The summed E-state index contributed by atoms with van der Waals surface area (Å²) >= 11 is 0. The summed E-state index contributed by atoms with van der Waals surface area (Å²) in [6.45, 7) is 5.33. The minimum absolute atomic E-state index is 0.0670. The maximum absolute atomic E-state index is 12.9. The molecule has 0 radical (unpaired) electrons. The van der Waals surface area contributed by atoms with E-state index in [2.05, 4.69) is 10.2 Å². The van der Waals surface area contributed by atoms with Crippen LogP contribution in [0.1, 0.15) is 69.4 Å². The van der Waals surface area contributed by atoms with Gasteiger partial charge in [0.25, 0.3) is 5.56 Å². The monoisotopic (exact) mass is 454 g/mol. The van der Waals surface area contributed by atoms with E-state index in [1.54, 1.807) is 6.07 Å². The quantitative estimate of drug-likeness (QED) is 0.716. The van der Waals surface area contributed by atoms with Gasteiger partial charge >= 0.3 is 0 Å². The predicted octanol–water partition coefficient (Wildman–Crippen LogP) is 2.35. The molecule has 4 aliphatic heterocycles. The van der Waals surface area contributed by atoms with Crippen LogP contribution in [-0.2, 0) is 16.1 Å². The Morgan fingerprint density at radius 3 is 2.79 bits per heavy atom. The number of nitrogens with one attached hydrogen (secondary N) is 1. The van der Waals surface area contributed by atoms with Crippen molar-refractivity contribution in [2.24, 2.45) is 11.8 Å². The van der Waals surface area contributed by atoms with Crippen molar-refractivity contribution in [3.63, 3.8) is 0 Å². The van der Waals surface area contributed by atoms with Gasteiger partial charge in [-0.2, -0.15) is 0 Å². The smallest absolute Gasteiger partial charge is 0.250 e. The van der Waals surface area contributed by atoms with Gasteiger partial charge in [0.1, 0.15) is 0 Å². The second-order valence-corrected chi connectivity index (χ2v) is 10.7. The summed E-state index contributed by atoms with van der Waals surface area (Å²) in [7, 11) is 0. The first-order valence-electron chi connectivity index (χ1n) is 13.1. The molecule has 7 heteroatoms. The van der Waals surface area contributed by atoms with Gasteiger partial charge in [0, 0.05) is 62.7 Å². The standard InChI is InChI=1S/C26H38N4O3/c31-24(27-15-20-6-5-13-28-12-2-1-7-22(20)28)9-4-10-25(32)29-16-19-14-21(18-29)23-8-3-11-26(33)30(23)17-19/h3,8,11,19-22H,1-2,4-7,9-10,12-18H2,(H,27,31)/t19?,20-,21?,22+/m0/s1. The lowest BCUT2D eigenvalue weighted by atomic mass is 9.83. The highest BCUT2D eigenvalue weighted by Gasteiger charge is 2.36. The highest BCUT2D eigenvalue weighted by Crippen LogP contribution is 2.35. The number of amides is 2. The van der Waals surface area contributed by atoms with Gasteiger partial charge in [-0.3, -0.25) is 14.4 Å². The van der Waals surface area contributed by atoms with E-state index >= 15 is 0 Å². The molecule has 5 rings (SSSR count). The Morgan fingerprint density at radius 2 is 1.88 bits per heavy atom. The minimum Gasteiger partial charge on any atom is -0.356 e. The lowest BCUT2D eigenvalue weighted by Crippen LogP contribution is -2.51. The summed E-state index contributed by atoms with van der Waals surface area (Å²) in [4.78, 5) is 42.1. The Bertz CT molecular complexity index is 926. The molecule has 2 bridgehead atoms. The molecule has 1 N–H and O–H groups in total. The largest absolute Gasteiger partial charge is 0.356 e. The molecule has 0 aromatic carbocycles. The normalized spacial score (nSPS) is 29.2. The summed E-state index contributed by atoms with van der Waals surface area (Å²) in [5, 5.41) is 3.16. The fraction of sp³-hybridized carbons (Fsp3) is 0.731. The molecule has 33 heavy (non-hydrogen) atoms. The number of hydrogen-bond acceptors (Lipinski definition) is 4. The Balaban J connectivity index is 1.05. The van der Waals surface area contributed by atoms with Gasteiger partial charge in [-0.05, 0) is 69.5 Å². The number of carbonyl (C=O) groups excluding carboxylic acids is 2. The topological polar surface area (TPSA) is 74.6 Å². The van der Waals surface area contributed by atoms with Gasteiger partial charge in [0.2, 0.25) is 11.8 Å². The van der Waals surface area contributed by atoms with E-state index in [0.717, 1.165) is 25.2 Å². The zero-order chi connectivity index (χ0) is 22.8. The number of fused-ring (bicyclic) bond motifs is 5. The fourth-order valence-electron chi connectivity index (χ4n) is 6.81. The molecule has 2 unspecified atom stereocenters. The SMILES string of the molecule is O=C(CCCC(=O)N1CC2CC(C1)c1cccc(=O)n1C2)NC[C@@H]1CCCN2CCCC[C@H]12. The molecule has 3 fully saturated rings. The van der Waals surface area contributed by atoms with Crippen molar-refractivity contribution in [2.45, 2.75) is 76.3 Å². The third-order valence-corrected chi connectivity index (χ3v) is 8.42. The number of piperidine rings is 3. The number of aromatic nitrogens is 1. The first kappa shape index (κ1) is 22.6. The summed E-state index contributed by atoms with van der Waals surface area (Å²) < 4.78 is 1.89. The molecule has 7 nitrogen and oxygen atoms in total. The molecule has 5 heterocycles. The predicted molar refractivity (Wildman–Crippen MR) is 127 cm³/mol. The third kappa shape index (κ3) is 5.03. The number of rotatable bonds is 6. The second-order valence-electron chi connectivity index (χ2n) is 10.7. The van der Waals surface area contributed by atoms with Crippen LogP contribution in [-0.4, -0.2) is 64.9 Å². The van der Waals surface area contributed by atoms with Crippen molar-refractivity contribution in [1.82, 2.24) is 19.7 Å². The first-order chi connectivity index (χ1) is 16.1. The van der Waals surface area contributed by atoms with Crippen molar-refractivity contribution in [2.75, 3.05) is 32.7 Å². The van der Waals surface area contributed by atoms with Crippen molar-refractivity contribution >= 4 is 11.8 Å². The zero-order valence-electron chi connectivity index (χ0n) is 19.7. The van der Waals surface area contributed by atoms with Gasteiger partial charge < -0.3 is 19.7 Å². The number of hydrogen-bond donors (Lipinski definition) is 1. The third-order valence-electron chi connectivity index (χ3n) is 8.42. The average molecular weight is 455 g/mol. The van der Waals surface area contributed by atoms with E-state index < -0.39 is 0 Å². The molecule has 0 saturated carbocycles. The molecule has 1 aromatic rings. The van der Waals surface area contributed by atoms with Crippen LogP contribution in [0.4, 0.5) is 0 Å². The van der Waals surface area contributed by atoms with Crippen molar-refractivity contribution in [3.8, 4) is 0 Å². The summed E-state index contributed by atoms with van der Waals surface area (Å²) in [6.07, 6.45) is 8.85. The van der Waals surface area contributed by atoms with Gasteiger partial charge in [0.05, 0.1) is 0 Å². The van der Waals surface area contributed by atoms with Crippen LogP contribution >= 0.6 is 0 Å². The van der Waals surface area contributed by atoms with Crippen LogP contribution in [0.2, 0.25) is 0 Å². The summed E-state index contributed by atoms with van der Waals surface area (Å²) in [5.41, 5.74) is 1.13. The lowest BCUT2D eigenvalue weighted by molar-refractivity contribution is -0.134. The van der Waals surface area contributed by atoms with Crippen molar-refractivity contribution in [1.29, 1.82) is 0 Å². The average Bonchev–Trinajstić information content (AvgIpc) is 2.83. The van der Waals surface area contributed by atoms with E-state index in [-0.39, 0.29) is 23.3 Å². The number of nitrogens with zero attached hydrogens (tertiary/aromatic N) is 3. The van der Waals surface area contributed by atoms with Crippen LogP contribution < -0.4 is 10.9 Å². The molecule has 0 aliphatic carbocycles. The second kappa shape index (κ2) is 10.00. The minimum atomic E-state index is 0.0670. The van der Waals surface area contributed by atoms with E-state index in [1.807, 2.05) is 21.6 Å². The van der Waals surface area contributed by atoms with Crippen LogP contribution in [0, 0.1) is 11.8 Å². The zero-order valence-corrected chi connectivity index (χ0v) is 19.7. The number of pyridine rings is 1. The molecular weight excluding hydrogens is 416 g/mol. The maximum Gasteiger partial charge on any atom is 0.250 e. The maximum atomic E-state index is 12.9. The van der Waals surface area contributed by atoms with Gasteiger partial charge in [0.15, 0.2) is 0 Å². The van der Waals surface area contributed by atoms with E-state index in [9.17, 15) is 14.4 Å². The van der Waals surface area contributed by atoms with E-state index in [1.165, 1.54) is 45.2 Å². The Morgan fingerprint density at radius 1 is 1.00 bits per heavy atom. The van der Waals surface area contributed by atoms with Gasteiger partial charge in [-0.25, -0.2) is 0 Å². The first-order valence-corrected chi connectivity index (χ1v) is 13.1. The van der Waals surface area contributed by atoms with E-state index in [0.29, 0.717) is 50.2 Å².